The Balaban J connectivity index is 1.42. The molecular weight excluding hydrogens is 382 g/mol. The Morgan fingerprint density at radius 3 is 2.68 bits per heavy atom. The van der Waals surface area contributed by atoms with Gasteiger partial charge in [0.15, 0.2) is 10.9 Å². The molecule has 2 amide bonds. The second-order valence-corrected chi connectivity index (χ2v) is 6.50. The number of hydrogen-bond donors (Lipinski definition) is 2. The Labute approximate surface area is 165 Å². The number of carbonyl (C=O) groups excluding carboxylic acids is 2. The van der Waals surface area contributed by atoms with Crippen molar-refractivity contribution in [2.75, 3.05) is 26.0 Å². The van der Waals surface area contributed by atoms with E-state index in [4.69, 9.17) is 9.15 Å². The molecule has 3 aromatic rings. The van der Waals surface area contributed by atoms with Crippen molar-refractivity contribution in [3.63, 3.8) is 0 Å². The highest BCUT2D eigenvalue weighted by atomic mass is 32.2. The second kappa shape index (κ2) is 9.60. The molecule has 1 aromatic carbocycles. The highest BCUT2D eigenvalue weighted by Gasteiger charge is 2.11. The van der Waals surface area contributed by atoms with Gasteiger partial charge in [0.2, 0.25) is 5.91 Å². The van der Waals surface area contributed by atoms with Gasteiger partial charge in [0.05, 0.1) is 19.1 Å². The third-order valence-electron chi connectivity index (χ3n) is 3.68. The van der Waals surface area contributed by atoms with Crippen molar-refractivity contribution < 1.29 is 18.7 Å². The van der Waals surface area contributed by atoms with Gasteiger partial charge in [-0.3, -0.25) is 14.2 Å². The first-order valence-corrected chi connectivity index (χ1v) is 9.41. The van der Waals surface area contributed by atoms with Gasteiger partial charge in [-0.15, -0.1) is 10.2 Å². The predicted molar refractivity (Wildman–Crippen MR) is 103 cm³/mol. The maximum absolute atomic E-state index is 12.0. The Morgan fingerprint density at radius 2 is 1.96 bits per heavy atom. The number of carbonyl (C=O) groups is 2. The van der Waals surface area contributed by atoms with E-state index in [2.05, 4.69) is 20.8 Å². The van der Waals surface area contributed by atoms with Crippen LogP contribution in [0, 0.1) is 0 Å². The number of furan rings is 1. The van der Waals surface area contributed by atoms with E-state index in [9.17, 15) is 9.59 Å². The zero-order chi connectivity index (χ0) is 19.8. The van der Waals surface area contributed by atoms with Crippen LogP contribution in [0.1, 0.15) is 10.6 Å². The van der Waals surface area contributed by atoms with Gasteiger partial charge in [0, 0.05) is 18.8 Å². The predicted octanol–water partition coefficient (Wildman–Crippen LogP) is 1.51. The molecule has 0 radical (unpaired) electrons. The lowest BCUT2D eigenvalue weighted by Gasteiger charge is -2.08. The number of nitrogens with zero attached hydrogens (tertiary/aromatic N) is 3. The van der Waals surface area contributed by atoms with E-state index < -0.39 is 0 Å². The number of ether oxygens (including phenoxy) is 1. The van der Waals surface area contributed by atoms with Crippen molar-refractivity contribution in [1.29, 1.82) is 0 Å². The van der Waals surface area contributed by atoms with E-state index in [-0.39, 0.29) is 23.3 Å². The molecule has 0 aliphatic carbocycles. The van der Waals surface area contributed by atoms with Crippen LogP contribution in [0.5, 0.6) is 5.75 Å². The number of benzene rings is 1. The fraction of sp³-hybridized carbons (Fsp3) is 0.222. The van der Waals surface area contributed by atoms with E-state index in [0.29, 0.717) is 18.2 Å². The van der Waals surface area contributed by atoms with Crippen molar-refractivity contribution in [3.05, 3.63) is 54.7 Å². The molecule has 2 aromatic heterocycles. The second-order valence-electron chi connectivity index (χ2n) is 5.55. The summed E-state index contributed by atoms with van der Waals surface area (Å²) in [6.07, 6.45) is 3.02. The summed E-state index contributed by atoms with van der Waals surface area (Å²) in [4.78, 5) is 23.7. The van der Waals surface area contributed by atoms with Crippen molar-refractivity contribution >= 4 is 23.6 Å². The highest BCUT2D eigenvalue weighted by Crippen LogP contribution is 2.21. The number of amides is 2. The lowest BCUT2D eigenvalue weighted by atomic mass is 10.3. The first-order valence-electron chi connectivity index (χ1n) is 8.43. The molecule has 0 saturated carbocycles. The van der Waals surface area contributed by atoms with E-state index >= 15 is 0 Å². The molecule has 2 N–H and O–H groups in total. The van der Waals surface area contributed by atoms with Gasteiger partial charge in [-0.25, -0.2) is 0 Å². The average molecular weight is 401 g/mol. The van der Waals surface area contributed by atoms with Crippen molar-refractivity contribution in [1.82, 2.24) is 25.4 Å². The average Bonchev–Trinajstić information content (AvgIpc) is 3.41. The monoisotopic (exact) mass is 401 g/mol. The molecule has 0 saturated heterocycles. The third-order valence-corrected chi connectivity index (χ3v) is 4.62. The van der Waals surface area contributed by atoms with Crippen LogP contribution < -0.4 is 15.4 Å². The molecule has 9 nitrogen and oxygen atoms in total. The van der Waals surface area contributed by atoms with Gasteiger partial charge in [0.1, 0.15) is 12.1 Å². The van der Waals surface area contributed by atoms with Gasteiger partial charge >= 0.3 is 0 Å². The first-order chi connectivity index (χ1) is 13.7. The summed E-state index contributed by atoms with van der Waals surface area (Å²) >= 11 is 1.27. The van der Waals surface area contributed by atoms with Crippen molar-refractivity contribution in [2.24, 2.45) is 0 Å². The Kier molecular flexibility index (Phi) is 6.68. The van der Waals surface area contributed by atoms with Crippen LogP contribution in [0.25, 0.3) is 5.69 Å². The standard InChI is InChI=1S/C18H19N5O4S/c1-26-14-6-4-13(5-7-14)23-12-21-22-18(23)28-11-16(24)19-8-9-20-17(25)15-3-2-10-27-15/h2-7,10,12H,8-9,11H2,1H3,(H,19,24)(H,20,25). The summed E-state index contributed by atoms with van der Waals surface area (Å²) in [5.74, 6) is 0.688. The number of aromatic nitrogens is 3. The van der Waals surface area contributed by atoms with Crippen LogP contribution in [-0.4, -0.2) is 52.5 Å². The van der Waals surface area contributed by atoms with Crippen LogP contribution in [0.2, 0.25) is 0 Å². The van der Waals surface area contributed by atoms with Crippen LogP contribution in [0.15, 0.2) is 58.6 Å². The number of rotatable bonds is 9. The molecule has 0 unspecified atom stereocenters. The minimum atomic E-state index is -0.318. The molecule has 0 fully saturated rings. The summed E-state index contributed by atoms with van der Waals surface area (Å²) in [6.45, 7) is 0.620. The summed E-state index contributed by atoms with van der Waals surface area (Å²) in [6, 6.07) is 10.7. The van der Waals surface area contributed by atoms with E-state index in [0.717, 1.165) is 11.4 Å². The molecule has 0 bridgehead atoms. The van der Waals surface area contributed by atoms with Crippen LogP contribution >= 0.6 is 11.8 Å². The quantitative estimate of drug-likeness (QED) is 0.413. The fourth-order valence-corrected chi connectivity index (χ4v) is 3.06. The van der Waals surface area contributed by atoms with Crippen LogP contribution in [0.3, 0.4) is 0 Å². The van der Waals surface area contributed by atoms with Gasteiger partial charge in [-0.05, 0) is 36.4 Å². The van der Waals surface area contributed by atoms with Crippen LogP contribution in [-0.2, 0) is 4.79 Å². The SMILES string of the molecule is COc1ccc(-n2cnnc2SCC(=O)NCCNC(=O)c2ccco2)cc1. The maximum Gasteiger partial charge on any atom is 0.287 e. The smallest absolute Gasteiger partial charge is 0.287 e. The van der Waals surface area contributed by atoms with Crippen molar-refractivity contribution in [2.45, 2.75) is 5.16 Å². The summed E-state index contributed by atoms with van der Waals surface area (Å²) < 4.78 is 11.9. The molecule has 28 heavy (non-hydrogen) atoms. The van der Waals surface area contributed by atoms with E-state index in [1.54, 1.807) is 30.1 Å². The topological polar surface area (TPSA) is 111 Å². The molecule has 3 rings (SSSR count). The first kappa shape index (κ1) is 19.5. The molecule has 146 valence electrons. The molecule has 0 aliphatic heterocycles. The maximum atomic E-state index is 12.0. The molecule has 2 heterocycles. The Bertz CT molecular complexity index is 908. The molecule has 0 spiro atoms. The van der Waals surface area contributed by atoms with Crippen molar-refractivity contribution in [3.8, 4) is 11.4 Å². The van der Waals surface area contributed by atoms with E-state index in [1.807, 2.05) is 24.3 Å². The third kappa shape index (κ3) is 5.13. The Hall–Kier alpha value is -3.27. The zero-order valence-corrected chi connectivity index (χ0v) is 15.9. The van der Waals surface area contributed by atoms with Gasteiger partial charge in [-0.2, -0.15) is 0 Å². The highest BCUT2D eigenvalue weighted by molar-refractivity contribution is 7.99. The molecule has 0 atom stereocenters. The van der Waals surface area contributed by atoms with Gasteiger partial charge in [-0.1, -0.05) is 11.8 Å². The largest absolute Gasteiger partial charge is 0.497 e. The number of nitrogens with one attached hydrogen (secondary N) is 2. The van der Waals surface area contributed by atoms with Gasteiger partial charge < -0.3 is 19.8 Å². The van der Waals surface area contributed by atoms with E-state index in [1.165, 1.54) is 18.0 Å². The normalized spacial score (nSPS) is 10.5. The van der Waals surface area contributed by atoms with Crippen LogP contribution in [0.4, 0.5) is 0 Å². The number of thioether (sulfide) groups is 1. The molecule has 10 heteroatoms. The summed E-state index contributed by atoms with van der Waals surface area (Å²) in [7, 11) is 1.61. The number of methoxy groups -OCH3 is 1. The number of hydrogen-bond acceptors (Lipinski definition) is 7. The molecule has 0 aliphatic rings. The minimum Gasteiger partial charge on any atom is -0.497 e. The minimum absolute atomic E-state index is 0.165. The van der Waals surface area contributed by atoms with Gasteiger partial charge in [0.25, 0.3) is 5.91 Å². The lowest BCUT2D eigenvalue weighted by molar-refractivity contribution is -0.118. The fourth-order valence-electron chi connectivity index (χ4n) is 2.30. The zero-order valence-electron chi connectivity index (χ0n) is 15.1. The lowest BCUT2D eigenvalue weighted by Crippen LogP contribution is -2.35. The molecular formula is C18H19N5O4S. The Morgan fingerprint density at radius 1 is 1.18 bits per heavy atom. The summed E-state index contributed by atoms with van der Waals surface area (Å²) in [5, 5.41) is 14.0. The summed E-state index contributed by atoms with van der Waals surface area (Å²) in [5.41, 5.74) is 0.870.